The average molecular weight is 593 g/mol. The minimum absolute atomic E-state index is 0.275. The van der Waals surface area contributed by atoms with Gasteiger partial charge in [-0.05, 0) is 39.8 Å². The van der Waals surface area contributed by atoms with E-state index >= 15 is 0 Å². The highest BCUT2D eigenvalue weighted by molar-refractivity contribution is 6.17. The summed E-state index contributed by atoms with van der Waals surface area (Å²) in [5.41, 5.74) is 4.55. The second kappa shape index (κ2) is 11.6. The lowest BCUT2D eigenvalue weighted by molar-refractivity contribution is 0.0517. The summed E-state index contributed by atoms with van der Waals surface area (Å²) in [6.07, 6.45) is 0. The van der Waals surface area contributed by atoms with Gasteiger partial charge in [-0.25, -0.2) is 9.59 Å². The predicted octanol–water partition coefficient (Wildman–Crippen LogP) is 7.59. The van der Waals surface area contributed by atoms with E-state index in [0.29, 0.717) is 35.7 Å². The smallest absolute Gasteiger partial charge is 0.340 e. The summed E-state index contributed by atoms with van der Waals surface area (Å²) < 4.78 is 26.9. The van der Waals surface area contributed by atoms with Crippen LogP contribution in [0.2, 0.25) is 0 Å². The van der Waals surface area contributed by atoms with Crippen LogP contribution in [0.4, 0.5) is 0 Å². The molecule has 0 saturated carbocycles. The Morgan fingerprint density at radius 1 is 0.591 bits per heavy atom. The SMILES string of the molecule is CCOC(=O)c1c(C)n(CCn2c(C)c(C(=O)OCC)c3cc(OC)c4ccccc4c32)c2c1cc(OC)c1ccccc12. The van der Waals surface area contributed by atoms with Gasteiger partial charge in [-0.3, -0.25) is 0 Å². The number of methoxy groups -OCH3 is 2. The highest BCUT2D eigenvalue weighted by atomic mass is 16.5. The highest BCUT2D eigenvalue weighted by Crippen LogP contribution is 2.40. The molecule has 6 aromatic rings. The van der Waals surface area contributed by atoms with Crippen LogP contribution in [-0.4, -0.2) is 48.5 Å². The van der Waals surface area contributed by atoms with Crippen molar-refractivity contribution in [3.05, 3.63) is 83.2 Å². The van der Waals surface area contributed by atoms with Crippen molar-refractivity contribution in [3.63, 3.8) is 0 Å². The Labute approximate surface area is 255 Å². The molecule has 6 rings (SSSR count). The van der Waals surface area contributed by atoms with Crippen molar-refractivity contribution in [2.24, 2.45) is 0 Å². The van der Waals surface area contributed by atoms with E-state index in [2.05, 4.69) is 21.3 Å². The average Bonchev–Trinajstić information content (AvgIpc) is 3.48. The number of ether oxygens (including phenoxy) is 4. The van der Waals surface area contributed by atoms with Crippen LogP contribution in [0.25, 0.3) is 43.4 Å². The number of rotatable bonds is 9. The Kier molecular flexibility index (Phi) is 7.67. The van der Waals surface area contributed by atoms with Crippen LogP contribution >= 0.6 is 0 Å². The van der Waals surface area contributed by atoms with Gasteiger partial charge < -0.3 is 28.1 Å². The molecule has 226 valence electrons. The Bertz CT molecular complexity index is 1930. The minimum atomic E-state index is -0.364. The summed E-state index contributed by atoms with van der Waals surface area (Å²) in [6, 6.07) is 20.0. The monoisotopic (exact) mass is 592 g/mol. The molecular formula is C36H36N2O6. The van der Waals surface area contributed by atoms with E-state index in [1.807, 2.05) is 76.2 Å². The maximum atomic E-state index is 13.3. The van der Waals surface area contributed by atoms with Crippen molar-refractivity contribution in [2.75, 3.05) is 27.4 Å². The number of fused-ring (bicyclic) bond motifs is 6. The Morgan fingerprint density at radius 3 is 1.30 bits per heavy atom. The van der Waals surface area contributed by atoms with Crippen LogP contribution in [0.5, 0.6) is 11.5 Å². The number of hydrogen-bond donors (Lipinski definition) is 0. The normalized spacial score (nSPS) is 11.5. The van der Waals surface area contributed by atoms with Crippen molar-refractivity contribution >= 4 is 55.3 Å². The van der Waals surface area contributed by atoms with Crippen LogP contribution in [0, 0.1) is 13.8 Å². The maximum absolute atomic E-state index is 13.3. The zero-order valence-corrected chi connectivity index (χ0v) is 25.9. The Morgan fingerprint density at radius 2 is 0.955 bits per heavy atom. The van der Waals surface area contributed by atoms with Crippen LogP contribution in [0.15, 0.2) is 60.7 Å². The third-order valence-corrected chi connectivity index (χ3v) is 8.51. The summed E-state index contributed by atoms with van der Waals surface area (Å²) in [6.45, 7) is 9.15. The zero-order valence-electron chi connectivity index (χ0n) is 25.9. The predicted molar refractivity (Wildman–Crippen MR) is 173 cm³/mol. The zero-order chi connectivity index (χ0) is 31.1. The fourth-order valence-corrected chi connectivity index (χ4v) is 6.63. The first-order valence-electron chi connectivity index (χ1n) is 14.9. The molecular weight excluding hydrogens is 556 g/mol. The molecule has 0 atom stereocenters. The van der Waals surface area contributed by atoms with E-state index < -0.39 is 0 Å². The van der Waals surface area contributed by atoms with Crippen LogP contribution in [0.3, 0.4) is 0 Å². The Balaban J connectivity index is 1.60. The second-order valence-corrected chi connectivity index (χ2v) is 10.7. The molecule has 8 nitrogen and oxygen atoms in total. The largest absolute Gasteiger partial charge is 0.496 e. The van der Waals surface area contributed by atoms with Crippen LogP contribution in [-0.2, 0) is 22.6 Å². The summed E-state index contributed by atoms with van der Waals surface area (Å²) in [7, 11) is 3.28. The first-order chi connectivity index (χ1) is 21.4. The maximum Gasteiger partial charge on any atom is 0.340 e. The lowest BCUT2D eigenvalue weighted by Gasteiger charge is -2.15. The number of aromatic nitrogens is 2. The molecule has 0 spiro atoms. The molecule has 0 N–H and O–H groups in total. The number of carbonyl (C=O) groups excluding carboxylic acids is 2. The molecule has 2 aromatic heterocycles. The fraction of sp³-hybridized carbons (Fsp3) is 0.278. The molecule has 0 bridgehead atoms. The molecule has 2 heterocycles. The van der Waals surface area contributed by atoms with E-state index in [1.54, 1.807) is 14.2 Å². The third kappa shape index (κ3) is 4.44. The molecule has 0 amide bonds. The summed E-state index contributed by atoms with van der Waals surface area (Å²) in [5.74, 6) is 0.665. The second-order valence-electron chi connectivity index (χ2n) is 10.7. The lowest BCUT2D eigenvalue weighted by atomic mass is 10.0. The summed E-state index contributed by atoms with van der Waals surface area (Å²) in [4.78, 5) is 26.7. The Hall–Kier alpha value is -4.98. The number of hydrogen-bond acceptors (Lipinski definition) is 6. The minimum Gasteiger partial charge on any atom is -0.496 e. The van der Waals surface area contributed by atoms with Gasteiger partial charge in [0.1, 0.15) is 11.5 Å². The number of aryl methyl sites for hydroxylation is 2. The molecule has 44 heavy (non-hydrogen) atoms. The van der Waals surface area contributed by atoms with Crippen LogP contribution in [0.1, 0.15) is 46.0 Å². The van der Waals surface area contributed by atoms with Gasteiger partial charge in [0.25, 0.3) is 0 Å². The van der Waals surface area contributed by atoms with E-state index in [4.69, 9.17) is 18.9 Å². The van der Waals surface area contributed by atoms with Crippen molar-refractivity contribution in [1.82, 2.24) is 9.13 Å². The molecule has 0 aliphatic carbocycles. The van der Waals surface area contributed by atoms with Crippen molar-refractivity contribution in [1.29, 1.82) is 0 Å². The van der Waals surface area contributed by atoms with Crippen LogP contribution < -0.4 is 9.47 Å². The van der Waals surface area contributed by atoms with Gasteiger partial charge in [0, 0.05) is 56.8 Å². The summed E-state index contributed by atoms with van der Waals surface area (Å²) >= 11 is 0. The molecule has 0 unspecified atom stereocenters. The van der Waals surface area contributed by atoms with Gasteiger partial charge in [0.05, 0.1) is 49.6 Å². The van der Waals surface area contributed by atoms with E-state index in [0.717, 1.165) is 54.7 Å². The van der Waals surface area contributed by atoms with Gasteiger partial charge in [-0.2, -0.15) is 0 Å². The van der Waals surface area contributed by atoms with Gasteiger partial charge in [0.15, 0.2) is 0 Å². The van der Waals surface area contributed by atoms with E-state index in [1.165, 1.54) is 0 Å². The number of esters is 2. The van der Waals surface area contributed by atoms with Crippen molar-refractivity contribution in [3.8, 4) is 11.5 Å². The van der Waals surface area contributed by atoms with Gasteiger partial charge >= 0.3 is 11.9 Å². The fourth-order valence-electron chi connectivity index (χ4n) is 6.63. The van der Waals surface area contributed by atoms with Crippen molar-refractivity contribution in [2.45, 2.75) is 40.8 Å². The number of nitrogens with zero attached hydrogens (tertiary/aromatic N) is 2. The molecule has 0 fully saturated rings. The molecule has 0 aliphatic heterocycles. The molecule has 8 heteroatoms. The lowest BCUT2D eigenvalue weighted by Crippen LogP contribution is -2.13. The van der Waals surface area contributed by atoms with Gasteiger partial charge in [-0.15, -0.1) is 0 Å². The number of carbonyl (C=O) groups is 2. The molecule has 0 radical (unpaired) electrons. The van der Waals surface area contributed by atoms with E-state index in [9.17, 15) is 9.59 Å². The topological polar surface area (TPSA) is 80.9 Å². The summed E-state index contributed by atoms with van der Waals surface area (Å²) in [5, 5.41) is 5.46. The number of benzene rings is 4. The molecule has 0 aliphatic rings. The quantitative estimate of drug-likeness (QED) is 0.161. The third-order valence-electron chi connectivity index (χ3n) is 8.51. The standard InChI is InChI=1S/C36H36N2O6/c1-7-43-35(39)31-21(3)37(33-25-15-11-9-13-23(25)29(41-5)19-27(31)33)17-18-38-22(4)32(36(40)44-8-2)28-20-30(42-6)24-14-10-12-16-26(24)34(28)38/h9-16,19-20H,7-8,17-18H2,1-6H3. The highest BCUT2D eigenvalue weighted by Gasteiger charge is 2.27. The first-order valence-corrected chi connectivity index (χ1v) is 14.9. The van der Waals surface area contributed by atoms with Gasteiger partial charge in [-0.1, -0.05) is 48.5 Å². The van der Waals surface area contributed by atoms with Gasteiger partial charge in [0.2, 0.25) is 0 Å². The first kappa shape index (κ1) is 29.1. The van der Waals surface area contributed by atoms with Crippen molar-refractivity contribution < 1.29 is 28.5 Å². The molecule has 4 aromatic carbocycles. The molecule has 0 saturated heterocycles. The van der Waals surface area contributed by atoms with E-state index in [-0.39, 0.29) is 25.2 Å².